The number of carbonyl (C=O) groups excluding carboxylic acids is 1. The maximum absolute atomic E-state index is 11.9. The number of likely N-dealkylation sites (tertiary alicyclic amines) is 1. The van der Waals surface area contributed by atoms with E-state index in [1.807, 2.05) is 29.2 Å². The van der Waals surface area contributed by atoms with E-state index >= 15 is 0 Å². The molecule has 2 nitrogen and oxygen atoms in total. The highest BCUT2D eigenvalue weighted by Gasteiger charge is 2.07. The molecule has 0 saturated carbocycles. The minimum atomic E-state index is -0.0788. The summed E-state index contributed by atoms with van der Waals surface area (Å²) in [5.41, 5.74) is 1.98. The molecule has 1 fully saturated rings. The van der Waals surface area contributed by atoms with Crippen molar-refractivity contribution in [2.75, 3.05) is 13.1 Å². The number of rotatable bonds is 3. The standard InChI is InChI=1S/C16H19NO/c1-2-5-14-6-8-15(9-7-14)16(18)10-13-17-11-3-4-12-17/h6-9H,2-5,11-12H2,1H3. The van der Waals surface area contributed by atoms with E-state index in [1.54, 1.807) is 0 Å². The van der Waals surface area contributed by atoms with Crippen LogP contribution in [0, 0.1) is 12.0 Å². The van der Waals surface area contributed by atoms with E-state index in [9.17, 15) is 4.79 Å². The Balaban J connectivity index is 1.99. The van der Waals surface area contributed by atoms with Crippen LogP contribution >= 0.6 is 0 Å². The summed E-state index contributed by atoms with van der Waals surface area (Å²) in [6.07, 6.45) is 4.57. The van der Waals surface area contributed by atoms with E-state index in [4.69, 9.17) is 0 Å². The lowest BCUT2D eigenvalue weighted by Crippen LogP contribution is -2.12. The van der Waals surface area contributed by atoms with Gasteiger partial charge in [0.1, 0.15) is 0 Å². The Hall–Kier alpha value is -1.75. The molecule has 2 heteroatoms. The van der Waals surface area contributed by atoms with Gasteiger partial charge in [-0.3, -0.25) is 4.79 Å². The summed E-state index contributed by atoms with van der Waals surface area (Å²) in [6, 6.07) is 10.8. The number of hydrogen-bond donors (Lipinski definition) is 0. The van der Waals surface area contributed by atoms with Gasteiger partial charge in [-0.05, 0) is 30.7 Å². The smallest absolute Gasteiger partial charge is 0.237 e. The number of nitrogens with zero attached hydrogens (tertiary/aromatic N) is 1. The zero-order valence-corrected chi connectivity index (χ0v) is 10.9. The van der Waals surface area contributed by atoms with Crippen LogP contribution in [0.2, 0.25) is 0 Å². The molecule has 0 N–H and O–H groups in total. The van der Waals surface area contributed by atoms with Crippen molar-refractivity contribution in [1.29, 1.82) is 0 Å². The van der Waals surface area contributed by atoms with Crippen molar-refractivity contribution in [3.63, 3.8) is 0 Å². The molecule has 1 aromatic carbocycles. The normalized spacial score (nSPS) is 14.2. The van der Waals surface area contributed by atoms with Gasteiger partial charge >= 0.3 is 0 Å². The quantitative estimate of drug-likeness (QED) is 0.599. The number of Topliss-reactive ketones (excluding diaryl/α,β-unsaturated/α-hetero) is 1. The Morgan fingerprint density at radius 3 is 2.50 bits per heavy atom. The Kier molecular flexibility index (Phi) is 4.41. The summed E-state index contributed by atoms with van der Waals surface area (Å²) in [7, 11) is 0. The third-order valence-electron chi connectivity index (χ3n) is 3.19. The average molecular weight is 241 g/mol. The van der Waals surface area contributed by atoms with Gasteiger partial charge in [0.2, 0.25) is 5.78 Å². The summed E-state index contributed by atoms with van der Waals surface area (Å²) in [5, 5.41) is 0. The number of carbonyl (C=O) groups is 1. The molecule has 94 valence electrons. The van der Waals surface area contributed by atoms with Crippen LogP contribution in [0.1, 0.15) is 42.1 Å². The first-order valence-corrected chi connectivity index (χ1v) is 6.69. The Labute approximate surface area is 109 Å². The first-order chi connectivity index (χ1) is 8.79. The van der Waals surface area contributed by atoms with Crippen LogP contribution in [0.25, 0.3) is 0 Å². The highest BCUT2D eigenvalue weighted by Crippen LogP contribution is 2.08. The predicted molar refractivity (Wildman–Crippen MR) is 73.4 cm³/mol. The minimum Gasteiger partial charge on any atom is -0.332 e. The fraction of sp³-hybridized carbons (Fsp3) is 0.438. The zero-order chi connectivity index (χ0) is 12.8. The van der Waals surface area contributed by atoms with Gasteiger partial charge in [0, 0.05) is 24.7 Å². The van der Waals surface area contributed by atoms with Gasteiger partial charge in [0.15, 0.2) is 0 Å². The van der Waals surface area contributed by atoms with Crippen LogP contribution in [-0.4, -0.2) is 23.8 Å². The molecule has 1 aliphatic heterocycles. The monoisotopic (exact) mass is 241 g/mol. The van der Waals surface area contributed by atoms with Gasteiger partial charge in [0.25, 0.3) is 0 Å². The average Bonchev–Trinajstić information content (AvgIpc) is 2.90. The van der Waals surface area contributed by atoms with E-state index in [-0.39, 0.29) is 5.78 Å². The molecule has 18 heavy (non-hydrogen) atoms. The van der Waals surface area contributed by atoms with Crippen molar-refractivity contribution in [3.8, 4) is 12.0 Å². The van der Waals surface area contributed by atoms with Crippen molar-refractivity contribution in [1.82, 2.24) is 4.90 Å². The molecule has 0 aromatic heterocycles. The van der Waals surface area contributed by atoms with Crippen LogP contribution in [0.3, 0.4) is 0 Å². The van der Waals surface area contributed by atoms with E-state index in [2.05, 4.69) is 18.9 Å². The van der Waals surface area contributed by atoms with E-state index in [1.165, 1.54) is 18.4 Å². The molecule has 2 rings (SSSR count). The summed E-state index contributed by atoms with van der Waals surface area (Å²) in [4.78, 5) is 13.9. The molecule has 0 unspecified atom stereocenters. The van der Waals surface area contributed by atoms with Crippen molar-refractivity contribution in [2.24, 2.45) is 0 Å². The Morgan fingerprint density at radius 1 is 1.22 bits per heavy atom. The molecule has 1 saturated heterocycles. The summed E-state index contributed by atoms with van der Waals surface area (Å²) < 4.78 is 0. The van der Waals surface area contributed by atoms with E-state index in [0.717, 1.165) is 25.9 Å². The van der Waals surface area contributed by atoms with Gasteiger partial charge in [0.05, 0.1) is 0 Å². The summed E-state index contributed by atoms with van der Waals surface area (Å²) >= 11 is 0. The van der Waals surface area contributed by atoms with Crippen molar-refractivity contribution in [2.45, 2.75) is 32.6 Å². The molecule has 0 aliphatic carbocycles. The maximum atomic E-state index is 11.9. The molecule has 0 bridgehead atoms. The van der Waals surface area contributed by atoms with Crippen molar-refractivity contribution in [3.05, 3.63) is 35.4 Å². The maximum Gasteiger partial charge on any atom is 0.237 e. The molecule has 0 atom stereocenters. The molecular weight excluding hydrogens is 222 g/mol. The van der Waals surface area contributed by atoms with E-state index in [0.29, 0.717) is 5.56 Å². The predicted octanol–water partition coefficient (Wildman–Crippen LogP) is 2.88. The minimum absolute atomic E-state index is 0.0788. The Bertz CT molecular complexity index is 458. The number of aryl methyl sites for hydroxylation is 1. The lowest BCUT2D eigenvalue weighted by atomic mass is 10.1. The molecule has 0 radical (unpaired) electrons. The highest BCUT2D eigenvalue weighted by molar-refractivity contribution is 6.08. The molecule has 0 amide bonds. The second-order valence-corrected chi connectivity index (χ2v) is 4.71. The molecule has 1 aromatic rings. The van der Waals surface area contributed by atoms with Gasteiger partial charge in [-0.1, -0.05) is 37.6 Å². The Morgan fingerprint density at radius 2 is 1.89 bits per heavy atom. The first kappa shape index (κ1) is 12.7. The fourth-order valence-corrected chi connectivity index (χ4v) is 2.14. The fourth-order valence-electron chi connectivity index (χ4n) is 2.14. The van der Waals surface area contributed by atoms with Crippen molar-refractivity contribution >= 4 is 5.78 Å². The zero-order valence-electron chi connectivity index (χ0n) is 10.9. The number of hydrogen-bond acceptors (Lipinski definition) is 2. The van der Waals surface area contributed by atoms with Gasteiger partial charge in [-0.25, -0.2) is 0 Å². The largest absolute Gasteiger partial charge is 0.332 e. The number of benzene rings is 1. The van der Waals surface area contributed by atoms with Crippen LogP contribution in [0.4, 0.5) is 0 Å². The third kappa shape index (κ3) is 3.37. The SMILES string of the molecule is CCCc1ccc(C(=O)C#CN2CCCC2)cc1. The lowest BCUT2D eigenvalue weighted by Gasteiger charge is -2.05. The van der Waals surface area contributed by atoms with E-state index < -0.39 is 0 Å². The van der Waals surface area contributed by atoms with Crippen LogP contribution in [0.5, 0.6) is 0 Å². The lowest BCUT2D eigenvalue weighted by molar-refractivity contribution is 0.105. The highest BCUT2D eigenvalue weighted by atomic mass is 16.1. The van der Waals surface area contributed by atoms with Crippen LogP contribution in [0.15, 0.2) is 24.3 Å². The molecule has 0 spiro atoms. The topological polar surface area (TPSA) is 20.3 Å². The molecule has 1 aliphatic rings. The summed E-state index contributed by atoms with van der Waals surface area (Å²) in [5.74, 6) is 2.65. The second-order valence-electron chi connectivity index (χ2n) is 4.71. The second kappa shape index (κ2) is 6.26. The number of ketones is 1. The van der Waals surface area contributed by atoms with Gasteiger partial charge < -0.3 is 4.90 Å². The molecule has 1 heterocycles. The first-order valence-electron chi connectivity index (χ1n) is 6.69. The van der Waals surface area contributed by atoms with Gasteiger partial charge in [-0.15, -0.1) is 0 Å². The van der Waals surface area contributed by atoms with Gasteiger partial charge in [-0.2, -0.15) is 0 Å². The molecular formula is C16H19NO. The van der Waals surface area contributed by atoms with Crippen LogP contribution in [-0.2, 0) is 6.42 Å². The van der Waals surface area contributed by atoms with Crippen molar-refractivity contribution < 1.29 is 4.79 Å². The van der Waals surface area contributed by atoms with Crippen LogP contribution < -0.4 is 0 Å². The third-order valence-corrected chi connectivity index (χ3v) is 3.19. The summed E-state index contributed by atoms with van der Waals surface area (Å²) in [6.45, 7) is 4.14.